The van der Waals surface area contributed by atoms with Crippen molar-refractivity contribution in [3.63, 3.8) is 0 Å². The van der Waals surface area contributed by atoms with E-state index in [0.717, 1.165) is 40.9 Å². The van der Waals surface area contributed by atoms with E-state index in [4.69, 9.17) is 14.2 Å². The van der Waals surface area contributed by atoms with Gasteiger partial charge < -0.3 is 14.2 Å². The van der Waals surface area contributed by atoms with Crippen molar-refractivity contribution in [3.05, 3.63) is 159 Å². The standard InChI is InChI=1S/C42H28O3/c1-4-10-28-19-40-31(13-25(28)7-1)16-34-37(22-43-40)35-17-32-14-26-8-3-6-12-30(26)21-42(32)45-24-39(35)36-18-33-15-27-9-2-5-11-29(27)20-41(33)44-23-38(34)36/h1-16,19-22H,17-18,23-24H2. The minimum absolute atomic E-state index is 0.486. The molecule has 7 aromatic rings. The third-order valence-electron chi connectivity index (χ3n) is 9.85. The number of benzene rings is 7. The Morgan fingerprint density at radius 2 is 0.911 bits per heavy atom. The molecule has 0 atom stereocenters. The highest BCUT2D eigenvalue weighted by atomic mass is 16.5. The van der Waals surface area contributed by atoms with E-state index in [1.54, 1.807) is 0 Å². The predicted octanol–water partition coefficient (Wildman–Crippen LogP) is 8.07. The molecular formula is C42H28O3. The molecule has 0 amide bonds. The van der Waals surface area contributed by atoms with Gasteiger partial charge in [0.05, 0.1) is 6.26 Å². The quantitative estimate of drug-likeness (QED) is 0.182. The zero-order chi connectivity index (χ0) is 29.5. The summed E-state index contributed by atoms with van der Waals surface area (Å²) in [4.78, 5) is 0. The second-order valence-electron chi connectivity index (χ2n) is 12.4. The second-order valence-corrected chi connectivity index (χ2v) is 12.4. The number of rotatable bonds is 0. The molecule has 3 aliphatic rings. The lowest BCUT2D eigenvalue weighted by atomic mass is 9.86. The van der Waals surface area contributed by atoms with E-state index in [9.17, 15) is 0 Å². The summed E-state index contributed by atoms with van der Waals surface area (Å²) in [6.07, 6.45) is 5.85. The number of ether oxygens (including phenoxy) is 3. The summed E-state index contributed by atoms with van der Waals surface area (Å²) in [6, 6.07) is 38.9. The van der Waals surface area contributed by atoms with Gasteiger partial charge in [-0.1, -0.05) is 72.8 Å². The van der Waals surface area contributed by atoms with Crippen molar-refractivity contribution in [2.24, 2.45) is 0 Å². The molecule has 0 saturated heterocycles. The van der Waals surface area contributed by atoms with E-state index in [2.05, 4.69) is 115 Å². The van der Waals surface area contributed by atoms with Crippen molar-refractivity contribution < 1.29 is 14.2 Å². The molecule has 0 spiro atoms. The molecule has 10 rings (SSSR count). The fourth-order valence-electron chi connectivity index (χ4n) is 7.56. The van der Waals surface area contributed by atoms with Gasteiger partial charge >= 0.3 is 0 Å². The van der Waals surface area contributed by atoms with Crippen molar-refractivity contribution in [3.8, 4) is 17.2 Å². The summed E-state index contributed by atoms with van der Waals surface area (Å²) in [5, 5.41) is 9.51. The van der Waals surface area contributed by atoms with E-state index in [-0.39, 0.29) is 0 Å². The third-order valence-corrected chi connectivity index (χ3v) is 9.85. The summed E-state index contributed by atoms with van der Waals surface area (Å²) in [5.74, 6) is 2.78. The molecule has 0 unspecified atom stereocenters. The van der Waals surface area contributed by atoms with Gasteiger partial charge in [0.15, 0.2) is 0 Å². The Labute approximate surface area is 260 Å². The summed E-state index contributed by atoms with van der Waals surface area (Å²) >= 11 is 0. The summed E-state index contributed by atoms with van der Waals surface area (Å²) in [7, 11) is 0. The van der Waals surface area contributed by atoms with Crippen molar-refractivity contribution in [2.45, 2.75) is 26.1 Å². The summed E-state index contributed by atoms with van der Waals surface area (Å²) in [6.45, 7) is 0.990. The first kappa shape index (κ1) is 24.9. The van der Waals surface area contributed by atoms with Crippen LogP contribution in [0.15, 0.2) is 109 Å². The fraction of sp³-hybridized carbons (Fsp3) is 0.0952. The molecule has 0 radical (unpaired) electrons. The van der Waals surface area contributed by atoms with Crippen LogP contribution in [0.2, 0.25) is 0 Å². The van der Waals surface area contributed by atoms with Gasteiger partial charge in [0.25, 0.3) is 0 Å². The zero-order valence-electron chi connectivity index (χ0n) is 24.6. The first-order valence-electron chi connectivity index (χ1n) is 15.6. The van der Waals surface area contributed by atoms with Gasteiger partial charge in [-0.05, 0) is 108 Å². The monoisotopic (exact) mass is 580 g/mol. The first-order chi connectivity index (χ1) is 22.2. The molecule has 45 heavy (non-hydrogen) atoms. The second kappa shape index (κ2) is 9.48. The van der Waals surface area contributed by atoms with Crippen molar-refractivity contribution >= 4 is 44.7 Å². The van der Waals surface area contributed by atoms with Crippen molar-refractivity contribution in [1.82, 2.24) is 0 Å². The predicted molar refractivity (Wildman–Crippen MR) is 180 cm³/mol. The molecule has 3 heteroatoms. The smallest absolute Gasteiger partial charge is 0.134 e. The highest BCUT2D eigenvalue weighted by Gasteiger charge is 2.27. The third kappa shape index (κ3) is 3.90. The van der Waals surface area contributed by atoms with E-state index < -0.39 is 0 Å². The molecule has 0 bridgehead atoms. The van der Waals surface area contributed by atoms with Crippen LogP contribution in [0.4, 0.5) is 0 Å². The van der Waals surface area contributed by atoms with E-state index in [1.807, 2.05) is 6.26 Å². The molecule has 3 aliphatic heterocycles. The average Bonchev–Trinajstić information content (AvgIpc) is 3.46. The highest BCUT2D eigenvalue weighted by molar-refractivity contribution is 5.88. The Morgan fingerprint density at radius 3 is 1.51 bits per heavy atom. The number of hydrogen-bond acceptors (Lipinski definition) is 3. The lowest BCUT2D eigenvalue weighted by molar-refractivity contribution is 0.301. The van der Waals surface area contributed by atoms with Crippen LogP contribution < -0.4 is 24.6 Å². The summed E-state index contributed by atoms with van der Waals surface area (Å²) < 4.78 is 19.9. The van der Waals surface area contributed by atoms with E-state index >= 15 is 0 Å². The Bertz CT molecular complexity index is 2520. The minimum Gasteiger partial charge on any atom is -0.489 e. The average molecular weight is 581 g/mol. The number of hydrogen-bond donors (Lipinski definition) is 0. The molecule has 7 aromatic carbocycles. The zero-order valence-corrected chi connectivity index (χ0v) is 24.6. The molecule has 0 saturated carbocycles. The maximum atomic E-state index is 6.68. The molecular weight excluding hydrogens is 552 g/mol. The minimum atomic E-state index is 0.486. The maximum Gasteiger partial charge on any atom is 0.134 e. The Morgan fingerprint density at radius 1 is 0.422 bits per heavy atom. The van der Waals surface area contributed by atoms with Gasteiger partial charge in [-0.2, -0.15) is 0 Å². The highest BCUT2D eigenvalue weighted by Crippen LogP contribution is 2.37. The lowest BCUT2D eigenvalue weighted by Crippen LogP contribution is -2.36. The van der Waals surface area contributed by atoms with Crippen LogP contribution in [0.1, 0.15) is 38.9 Å². The Kier molecular flexibility index (Phi) is 5.23. The van der Waals surface area contributed by atoms with E-state index in [1.165, 1.54) is 70.9 Å². The van der Waals surface area contributed by atoms with E-state index in [0.29, 0.717) is 13.2 Å². The lowest BCUT2D eigenvalue weighted by Gasteiger charge is -2.17. The Hall–Kier alpha value is -5.54. The van der Waals surface area contributed by atoms with Crippen LogP contribution >= 0.6 is 0 Å². The molecule has 0 aliphatic carbocycles. The largest absolute Gasteiger partial charge is 0.489 e. The molecule has 3 heterocycles. The molecule has 214 valence electrons. The SMILES string of the molecule is C1=c2c3c(c4c(c2=COc2cc5ccccc5cc21)Cc1cc2ccccc2cc1OC4)Cc1cc2ccccc2cc1OC3. The first-order valence-corrected chi connectivity index (χ1v) is 15.6. The molecule has 3 nitrogen and oxygen atoms in total. The molecule has 0 fully saturated rings. The Balaban J connectivity index is 1.25. The van der Waals surface area contributed by atoms with Crippen LogP contribution in [0.5, 0.6) is 17.2 Å². The van der Waals surface area contributed by atoms with Crippen molar-refractivity contribution in [1.29, 1.82) is 0 Å². The van der Waals surface area contributed by atoms with Gasteiger partial charge in [-0.15, -0.1) is 0 Å². The van der Waals surface area contributed by atoms with Gasteiger partial charge in [-0.3, -0.25) is 0 Å². The topological polar surface area (TPSA) is 27.7 Å². The van der Waals surface area contributed by atoms with Crippen molar-refractivity contribution in [2.75, 3.05) is 0 Å². The maximum absolute atomic E-state index is 6.68. The van der Waals surface area contributed by atoms with Gasteiger partial charge in [0.1, 0.15) is 30.5 Å². The van der Waals surface area contributed by atoms with Crippen LogP contribution in [-0.2, 0) is 26.1 Å². The van der Waals surface area contributed by atoms with Crippen LogP contribution in [0, 0.1) is 0 Å². The van der Waals surface area contributed by atoms with Crippen LogP contribution in [0.3, 0.4) is 0 Å². The molecule has 0 aromatic heterocycles. The summed E-state index contributed by atoms with van der Waals surface area (Å²) in [5.41, 5.74) is 8.53. The normalized spacial score (nSPS) is 14.3. The van der Waals surface area contributed by atoms with Crippen LogP contribution in [0.25, 0.3) is 44.7 Å². The van der Waals surface area contributed by atoms with Gasteiger partial charge in [-0.25, -0.2) is 0 Å². The van der Waals surface area contributed by atoms with Gasteiger partial charge in [0.2, 0.25) is 0 Å². The fourth-order valence-corrected chi connectivity index (χ4v) is 7.56. The number of fused-ring (bicyclic) bond motifs is 12. The van der Waals surface area contributed by atoms with Gasteiger partial charge in [0, 0.05) is 29.2 Å². The van der Waals surface area contributed by atoms with Crippen LogP contribution in [-0.4, -0.2) is 0 Å². The molecule has 0 N–H and O–H groups in total.